The van der Waals surface area contributed by atoms with E-state index in [-0.39, 0.29) is 23.2 Å². The first-order valence-electron chi connectivity index (χ1n) is 8.38. The van der Waals surface area contributed by atoms with Crippen molar-refractivity contribution in [2.45, 2.75) is 11.8 Å². The van der Waals surface area contributed by atoms with E-state index in [0.29, 0.717) is 28.0 Å². The normalized spacial score (nSPS) is 18.6. The van der Waals surface area contributed by atoms with Gasteiger partial charge >= 0.3 is 0 Å². The maximum Gasteiger partial charge on any atom is 0.272 e. The molecular formula is C19H13FN6O. The molecule has 1 aliphatic rings. The molecule has 2 aromatic heterocycles. The average Bonchev–Trinajstić information content (AvgIpc) is 3.16. The molecule has 7 nitrogen and oxygen atoms in total. The van der Waals surface area contributed by atoms with Crippen molar-refractivity contribution in [1.82, 2.24) is 25.4 Å². The summed E-state index contributed by atoms with van der Waals surface area (Å²) in [7, 11) is 0. The van der Waals surface area contributed by atoms with Gasteiger partial charge in [-0.15, -0.1) is 0 Å². The number of nitrogens with one attached hydrogen (secondary N) is 2. The molecule has 0 saturated heterocycles. The minimum Gasteiger partial charge on any atom is -0.267 e. The van der Waals surface area contributed by atoms with Crippen LogP contribution < -0.4 is 5.56 Å². The molecule has 4 aromatic rings. The second-order valence-corrected chi connectivity index (χ2v) is 6.34. The summed E-state index contributed by atoms with van der Waals surface area (Å²) in [5.74, 6) is -0.362. The van der Waals surface area contributed by atoms with Gasteiger partial charge < -0.3 is 0 Å². The second-order valence-electron chi connectivity index (χ2n) is 6.34. The first-order chi connectivity index (χ1) is 13.2. The first-order valence-corrected chi connectivity index (χ1v) is 8.38. The summed E-state index contributed by atoms with van der Waals surface area (Å²) in [4.78, 5) is 21.2. The van der Waals surface area contributed by atoms with Crippen molar-refractivity contribution in [2.75, 3.05) is 0 Å². The number of H-pyrrole nitrogens is 2. The van der Waals surface area contributed by atoms with Gasteiger partial charge in [0.05, 0.1) is 22.7 Å². The van der Waals surface area contributed by atoms with Gasteiger partial charge in [-0.25, -0.2) is 14.5 Å². The number of aromatic nitrogens is 5. The fourth-order valence-corrected chi connectivity index (χ4v) is 3.60. The summed E-state index contributed by atoms with van der Waals surface area (Å²) < 4.78 is 13.4. The summed E-state index contributed by atoms with van der Waals surface area (Å²) in [5.41, 5.74) is 1.89. The topological polar surface area (TPSA) is 99.7 Å². The number of hydrogen-bond acceptors (Lipinski definition) is 5. The maximum absolute atomic E-state index is 13.4. The molecule has 3 heterocycles. The fourth-order valence-electron chi connectivity index (χ4n) is 3.60. The van der Waals surface area contributed by atoms with E-state index in [9.17, 15) is 9.18 Å². The number of hydrogen-bond donors (Lipinski definition) is 2. The zero-order valence-electron chi connectivity index (χ0n) is 13.9. The van der Waals surface area contributed by atoms with Gasteiger partial charge in [-0.2, -0.15) is 10.2 Å². The van der Waals surface area contributed by atoms with E-state index in [4.69, 9.17) is 0 Å². The molecule has 0 aliphatic carbocycles. The number of benzene rings is 2. The SMILES string of the molecule is O=c1[nH]nc2c3c(cccc13)N=CC(c1ccc(F)cc1)C2c1ncn[nH]1. The Bertz CT molecular complexity index is 1210. The van der Waals surface area contributed by atoms with E-state index in [1.807, 2.05) is 6.07 Å². The lowest BCUT2D eigenvalue weighted by Crippen LogP contribution is -2.20. The molecule has 0 saturated carbocycles. The zero-order chi connectivity index (χ0) is 18.4. The van der Waals surface area contributed by atoms with Gasteiger partial charge in [0.2, 0.25) is 0 Å². The molecule has 2 aromatic carbocycles. The zero-order valence-corrected chi connectivity index (χ0v) is 13.9. The van der Waals surface area contributed by atoms with Crippen LogP contribution in [-0.2, 0) is 0 Å². The standard InChI is InChI=1S/C19H13FN6O/c20-11-6-4-10(5-7-11)13-8-21-14-3-1-2-12-15(14)17(24-26-19(12)27)16(13)18-22-9-23-25-18/h1-9,13,16H,(H,26,27)(H,22,23,25). The van der Waals surface area contributed by atoms with Crippen molar-refractivity contribution < 1.29 is 4.39 Å². The number of aliphatic imine (C=N–C) groups is 1. The highest BCUT2D eigenvalue weighted by molar-refractivity contribution is 5.97. The minimum atomic E-state index is -0.371. The first kappa shape index (κ1) is 15.6. The summed E-state index contributed by atoms with van der Waals surface area (Å²) in [6.45, 7) is 0. The van der Waals surface area contributed by atoms with Crippen LogP contribution >= 0.6 is 0 Å². The predicted molar refractivity (Wildman–Crippen MR) is 97.9 cm³/mol. The van der Waals surface area contributed by atoms with Crippen molar-refractivity contribution in [2.24, 2.45) is 4.99 Å². The molecular weight excluding hydrogens is 347 g/mol. The van der Waals surface area contributed by atoms with Gasteiger partial charge in [0.1, 0.15) is 18.0 Å². The van der Waals surface area contributed by atoms with Gasteiger partial charge in [0.15, 0.2) is 0 Å². The lowest BCUT2D eigenvalue weighted by molar-refractivity contribution is 0.624. The second kappa shape index (κ2) is 5.94. The Morgan fingerprint density at radius 2 is 1.89 bits per heavy atom. The van der Waals surface area contributed by atoms with E-state index < -0.39 is 0 Å². The van der Waals surface area contributed by atoms with Crippen LogP contribution in [0.5, 0.6) is 0 Å². The van der Waals surface area contributed by atoms with Crippen LogP contribution in [0, 0.1) is 5.82 Å². The molecule has 2 unspecified atom stereocenters. The van der Waals surface area contributed by atoms with E-state index in [0.717, 1.165) is 5.56 Å². The smallest absolute Gasteiger partial charge is 0.267 e. The van der Waals surface area contributed by atoms with E-state index in [2.05, 4.69) is 30.4 Å². The Balaban J connectivity index is 1.83. The summed E-state index contributed by atoms with van der Waals surface area (Å²) in [5, 5.41) is 15.0. The Morgan fingerprint density at radius 1 is 1.04 bits per heavy atom. The molecule has 27 heavy (non-hydrogen) atoms. The Hall–Kier alpha value is -3.68. The van der Waals surface area contributed by atoms with Crippen LogP contribution in [0.3, 0.4) is 0 Å². The predicted octanol–water partition coefficient (Wildman–Crippen LogP) is 2.81. The van der Waals surface area contributed by atoms with Gasteiger partial charge in [0, 0.05) is 17.5 Å². The lowest BCUT2D eigenvalue weighted by atomic mass is 9.83. The third-order valence-corrected chi connectivity index (χ3v) is 4.83. The largest absolute Gasteiger partial charge is 0.272 e. The molecule has 1 aliphatic heterocycles. The molecule has 8 heteroatoms. The molecule has 0 amide bonds. The third kappa shape index (κ3) is 2.45. The van der Waals surface area contributed by atoms with Gasteiger partial charge in [-0.1, -0.05) is 18.2 Å². The van der Waals surface area contributed by atoms with Crippen LogP contribution in [0.1, 0.15) is 28.9 Å². The molecule has 0 bridgehead atoms. The van der Waals surface area contributed by atoms with Crippen LogP contribution in [0.4, 0.5) is 10.1 Å². The Labute approximate surface area is 152 Å². The molecule has 0 spiro atoms. The van der Waals surface area contributed by atoms with Crippen LogP contribution in [0.2, 0.25) is 0 Å². The van der Waals surface area contributed by atoms with Crippen molar-refractivity contribution in [3.8, 4) is 0 Å². The Kier molecular flexibility index (Phi) is 3.43. The summed E-state index contributed by atoms with van der Waals surface area (Å²) in [6.07, 6.45) is 3.22. The van der Waals surface area contributed by atoms with Gasteiger partial charge in [-0.05, 0) is 29.8 Å². The molecule has 0 fully saturated rings. The van der Waals surface area contributed by atoms with E-state index >= 15 is 0 Å². The summed E-state index contributed by atoms with van der Waals surface area (Å²) in [6, 6.07) is 11.6. The fraction of sp³-hybridized carbons (Fsp3) is 0.105. The number of aromatic amines is 2. The van der Waals surface area contributed by atoms with Crippen molar-refractivity contribution in [3.63, 3.8) is 0 Å². The van der Waals surface area contributed by atoms with Crippen molar-refractivity contribution >= 4 is 22.7 Å². The number of rotatable bonds is 2. The van der Waals surface area contributed by atoms with E-state index in [1.165, 1.54) is 18.5 Å². The van der Waals surface area contributed by atoms with Crippen LogP contribution in [0.15, 0.2) is 58.6 Å². The van der Waals surface area contributed by atoms with Crippen LogP contribution in [0.25, 0.3) is 10.8 Å². The highest BCUT2D eigenvalue weighted by Crippen LogP contribution is 2.42. The number of nitrogens with zero attached hydrogens (tertiary/aromatic N) is 4. The summed E-state index contributed by atoms with van der Waals surface area (Å²) >= 11 is 0. The highest BCUT2D eigenvalue weighted by Gasteiger charge is 2.33. The molecule has 5 rings (SSSR count). The molecule has 2 atom stereocenters. The Morgan fingerprint density at radius 3 is 2.67 bits per heavy atom. The minimum absolute atomic E-state index is 0.271. The molecule has 132 valence electrons. The van der Waals surface area contributed by atoms with Gasteiger partial charge in [-0.3, -0.25) is 14.9 Å². The highest BCUT2D eigenvalue weighted by atomic mass is 19.1. The van der Waals surface area contributed by atoms with Crippen molar-refractivity contribution in [1.29, 1.82) is 0 Å². The van der Waals surface area contributed by atoms with Gasteiger partial charge in [0.25, 0.3) is 5.56 Å². The number of halogens is 1. The van der Waals surface area contributed by atoms with E-state index in [1.54, 1.807) is 30.5 Å². The molecule has 0 radical (unpaired) electrons. The quantitative estimate of drug-likeness (QED) is 0.574. The maximum atomic E-state index is 13.4. The van der Waals surface area contributed by atoms with Crippen molar-refractivity contribution in [3.05, 3.63) is 82.0 Å². The average molecular weight is 360 g/mol. The van der Waals surface area contributed by atoms with Crippen LogP contribution in [-0.4, -0.2) is 31.6 Å². The lowest BCUT2D eigenvalue weighted by Gasteiger charge is -2.21. The third-order valence-electron chi connectivity index (χ3n) is 4.83. The molecule has 2 N–H and O–H groups in total. The monoisotopic (exact) mass is 360 g/mol.